The van der Waals surface area contributed by atoms with Crippen LogP contribution in [-0.4, -0.2) is 28.0 Å². The third-order valence-corrected chi connectivity index (χ3v) is 4.10. The van der Waals surface area contributed by atoms with Gasteiger partial charge in [0.05, 0.1) is 0 Å². The van der Waals surface area contributed by atoms with Gasteiger partial charge < -0.3 is 9.64 Å². The third-order valence-electron chi connectivity index (χ3n) is 4.10. The molecule has 3 rings (SSSR count). The second-order valence-electron chi connectivity index (χ2n) is 6.04. The fourth-order valence-corrected chi connectivity index (χ4v) is 2.76. The molecule has 132 valence electrons. The van der Waals surface area contributed by atoms with Gasteiger partial charge in [-0.3, -0.25) is 4.79 Å². The number of carbonyl (C=O) groups is 1. The van der Waals surface area contributed by atoms with Gasteiger partial charge in [0.1, 0.15) is 11.8 Å². The standard InChI is InChI=1S/C18H17F3N2O2/c1-12-2-5-14(6-3-12)25-16-8-4-13(10-22-16)11-23-15(18(19,20)21)7-9-17(23)24/h2-6,8,10,15H,7,9,11H2,1H3. The Balaban J connectivity index is 1.68. The highest BCUT2D eigenvalue weighted by Gasteiger charge is 2.48. The van der Waals surface area contributed by atoms with Crippen molar-refractivity contribution >= 4 is 5.91 Å². The number of alkyl halides is 3. The molecule has 1 aromatic heterocycles. The summed E-state index contributed by atoms with van der Waals surface area (Å²) in [5.74, 6) is 0.479. The van der Waals surface area contributed by atoms with Crippen LogP contribution < -0.4 is 4.74 Å². The molecule has 1 amide bonds. The number of ether oxygens (including phenoxy) is 1. The Bertz CT molecular complexity index is 742. The molecule has 1 aliphatic rings. The van der Waals surface area contributed by atoms with Crippen molar-refractivity contribution < 1.29 is 22.7 Å². The van der Waals surface area contributed by atoms with E-state index in [0.29, 0.717) is 17.2 Å². The van der Waals surface area contributed by atoms with Gasteiger partial charge in [0.25, 0.3) is 0 Å². The van der Waals surface area contributed by atoms with E-state index >= 15 is 0 Å². The molecule has 0 aliphatic carbocycles. The number of nitrogens with zero attached hydrogens (tertiary/aromatic N) is 2. The Morgan fingerprint density at radius 1 is 1.20 bits per heavy atom. The maximum Gasteiger partial charge on any atom is 0.408 e. The largest absolute Gasteiger partial charge is 0.439 e. The van der Waals surface area contributed by atoms with Gasteiger partial charge in [0.15, 0.2) is 0 Å². The van der Waals surface area contributed by atoms with Crippen LogP contribution in [0.25, 0.3) is 0 Å². The van der Waals surface area contributed by atoms with Crippen molar-refractivity contribution in [3.63, 3.8) is 0 Å². The predicted octanol–water partition coefficient (Wildman–Crippen LogP) is 4.24. The molecule has 0 bridgehead atoms. The second kappa shape index (κ2) is 6.74. The van der Waals surface area contributed by atoms with Crippen molar-refractivity contribution in [1.82, 2.24) is 9.88 Å². The Morgan fingerprint density at radius 2 is 1.92 bits per heavy atom. The maximum absolute atomic E-state index is 13.0. The van der Waals surface area contributed by atoms with E-state index in [9.17, 15) is 18.0 Å². The van der Waals surface area contributed by atoms with Gasteiger partial charge >= 0.3 is 6.18 Å². The molecule has 0 saturated carbocycles. The predicted molar refractivity (Wildman–Crippen MR) is 85.1 cm³/mol. The lowest BCUT2D eigenvalue weighted by molar-refractivity contribution is -0.181. The maximum atomic E-state index is 13.0. The monoisotopic (exact) mass is 350 g/mol. The Kier molecular flexibility index (Phi) is 4.65. The molecule has 1 unspecified atom stereocenters. The summed E-state index contributed by atoms with van der Waals surface area (Å²) < 4.78 is 44.6. The van der Waals surface area contributed by atoms with E-state index in [2.05, 4.69) is 4.98 Å². The lowest BCUT2D eigenvalue weighted by Crippen LogP contribution is -2.42. The topological polar surface area (TPSA) is 42.4 Å². The summed E-state index contributed by atoms with van der Waals surface area (Å²) in [5, 5.41) is 0. The van der Waals surface area contributed by atoms with E-state index < -0.39 is 18.1 Å². The normalized spacial score (nSPS) is 17.8. The van der Waals surface area contributed by atoms with Crippen molar-refractivity contribution in [3.8, 4) is 11.6 Å². The highest BCUT2D eigenvalue weighted by atomic mass is 19.4. The number of likely N-dealkylation sites (tertiary alicyclic amines) is 1. The molecule has 1 saturated heterocycles. The zero-order valence-electron chi connectivity index (χ0n) is 13.6. The highest BCUT2D eigenvalue weighted by Crippen LogP contribution is 2.34. The number of aromatic nitrogens is 1. The van der Waals surface area contributed by atoms with Crippen LogP contribution in [-0.2, 0) is 11.3 Å². The van der Waals surface area contributed by atoms with Crippen LogP contribution in [0.15, 0.2) is 42.6 Å². The molecule has 7 heteroatoms. The van der Waals surface area contributed by atoms with E-state index in [0.717, 1.165) is 10.5 Å². The van der Waals surface area contributed by atoms with Gasteiger partial charge in [-0.05, 0) is 31.0 Å². The molecule has 1 atom stereocenters. The number of carbonyl (C=O) groups excluding carboxylic acids is 1. The summed E-state index contributed by atoms with van der Waals surface area (Å²) in [6.45, 7) is 1.85. The summed E-state index contributed by atoms with van der Waals surface area (Å²) in [6.07, 6.45) is -3.24. The van der Waals surface area contributed by atoms with Gasteiger partial charge in [0, 0.05) is 25.2 Å². The number of hydrogen-bond acceptors (Lipinski definition) is 3. The fourth-order valence-electron chi connectivity index (χ4n) is 2.76. The smallest absolute Gasteiger partial charge is 0.408 e. The zero-order chi connectivity index (χ0) is 18.0. The van der Waals surface area contributed by atoms with Crippen LogP contribution in [0.3, 0.4) is 0 Å². The number of amides is 1. The van der Waals surface area contributed by atoms with Crippen molar-refractivity contribution in [2.45, 2.75) is 38.5 Å². The van der Waals surface area contributed by atoms with Crippen molar-refractivity contribution in [3.05, 3.63) is 53.7 Å². The summed E-state index contributed by atoms with van der Waals surface area (Å²) >= 11 is 0. The molecule has 0 spiro atoms. The van der Waals surface area contributed by atoms with Gasteiger partial charge in [-0.1, -0.05) is 23.8 Å². The van der Waals surface area contributed by atoms with Crippen LogP contribution in [0.1, 0.15) is 24.0 Å². The van der Waals surface area contributed by atoms with Gasteiger partial charge in [0.2, 0.25) is 11.8 Å². The number of hydrogen-bond donors (Lipinski definition) is 0. The minimum atomic E-state index is -4.41. The van der Waals surface area contributed by atoms with E-state index in [1.54, 1.807) is 12.1 Å². The molecule has 2 heterocycles. The van der Waals surface area contributed by atoms with Crippen molar-refractivity contribution in [1.29, 1.82) is 0 Å². The molecule has 1 aliphatic heterocycles. The van der Waals surface area contributed by atoms with E-state index in [-0.39, 0.29) is 19.4 Å². The second-order valence-corrected chi connectivity index (χ2v) is 6.04. The highest BCUT2D eigenvalue weighted by molar-refractivity contribution is 5.78. The van der Waals surface area contributed by atoms with Gasteiger partial charge in [-0.25, -0.2) is 4.98 Å². The molecular weight excluding hydrogens is 333 g/mol. The first-order chi connectivity index (χ1) is 11.8. The summed E-state index contributed by atoms with van der Waals surface area (Å²) in [7, 11) is 0. The Labute approximate surface area is 143 Å². The number of rotatable bonds is 4. The van der Waals surface area contributed by atoms with E-state index in [1.807, 2.05) is 31.2 Å². The molecule has 25 heavy (non-hydrogen) atoms. The SMILES string of the molecule is Cc1ccc(Oc2ccc(CN3C(=O)CCC3C(F)(F)F)cn2)cc1. The van der Waals surface area contributed by atoms with Crippen LogP contribution in [0.2, 0.25) is 0 Å². The average molecular weight is 350 g/mol. The molecular formula is C18H17F3N2O2. The fraction of sp³-hybridized carbons (Fsp3) is 0.333. The van der Waals surface area contributed by atoms with E-state index in [1.165, 1.54) is 6.20 Å². The quantitative estimate of drug-likeness (QED) is 0.828. The van der Waals surface area contributed by atoms with Crippen LogP contribution in [0.4, 0.5) is 13.2 Å². The molecule has 0 radical (unpaired) electrons. The first kappa shape index (κ1) is 17.3. The molecule has 1 fully saturated rings. The minimum Gasteiger partial charge on any atom is -0.439 e. The van der Waals surface area contributed by atoms with Crippen LogP contribution in [0.5, 0.6) is 11.6 Å². The molecule has 4 nitrogen and oxygen atoms in total. The molecule has 0 N–H and O–H groups in total. The third kappa shape index (κ3) is 4.10. The van der Waals surface area contributed by atoms with Crippen molar-refractivity contribution in [2.75, 3.05) is 0 Å². The van der Waals surface area contributed by atoms with Gasteiger partial charge in [-0.2, -0.15) is 13.2 Å². The lowest BCUT2D eigenvalue weighted by Gasteiger charge is -2.26. The number of halogens is 3. The summed E-state index contributed by atoms with van der Waals surface area (Å²) in [6, 6.07) is 8.90. The number of pyridine rings is 1. The summed E-state index contributed by atoms with van der Waals surface area (Å²) in [5.41, 5.74) is 1.63. The lowest BCUT2D eigenvalue weighted by atomic mass is 10.2. The number of aryl methyl sites for hydroxylation is 1. The average Bonchev–Trinajstić information content (AvgIpc) is 2.92. The Morgan fingerprint density at radius 3 is 2.52 bits per heavy atom. The first-order valence-corrected chi connectivity index (χ1v) is 7.88. The van der Waals surface area contributed by atoms with Crippen LogP contribution in [0, 0.1) is 6.92 Å². The Hall–Kier alpha value is -2.57. The van der Waals surface area contributed by atoms with Gasteiger partial charge in [-0.15, -0.1) is 0 Å². The number of benzene rings is 1. The minimum absolute atomic E-state index is 0.0772. The molecule has 1 aromatic carbocycles. The molecule has 2 aromatic rings. The van der Waals surface area contributed by atoms with Crippen LogP contribution >= 0.6 is 0 Å². The summed E-state index contributed by atoms with van der Waals surface area (Å²) in [4.78, 5) is 16.7. The zero-order valence-corrected chi connectivity index (χ0v) is 13.6. The first-order valence-electron chi connectivity index (χ1n) is 7.88. The van der Waals surface area contributed by atoms with Crippen molar-refractivity contribution in [2.24, 2.45) is 0 Å². The van der Waals surface area contributed by atoms with E-state index in [4.69, 9.17) is 4.74 Å².